The molecule has 4 nitrogen and oxygen atoms in total. The average molecular weight is 250 g/mol. The lowest BCUT2D eigenvalue weighted by Crippen LogP contribution is -1.97. The molecule has 0 spiro atoms. The molecule has 1 aromatic heterocycles. The van der Waals surface area contributed by atoms with Gasteiger partial charge in [-0.05, 0) is 30.3 Å². The van der Waals surface area contributed by atoms with E-state index in [9.17, 15) is 9.90 Å². The molecular weight excluding hydrogens is 242 g/mol. The van der Waals surface area contributed by atoms with Gasteiger partial charge >= 0.3 is 5.97 Å². The number of carboxylic acids is 1. The van der Waals surface area contributed by atoms with Crippen LogP contribution in [-0.2, 0) is 0 Å². The maximum absolute atomic E-state index is 10.7. The van der Waals surface area contributed by atoms with Crippen LogP contribution in [0.5, 0.6) is 5.75 Å². The zero-order valence-electron chi connectivity index (χ0n) is 8.59. The van der Waals surface area contributed by atoms with Crippen molar-refractivity contribution in [3.8, 4) is 17.0 Å². The molecule has 0 fully saturated rings. The van der Waals surface area contributed by atoms with Gasteiger partial charge in [-0.1, -0.05) is 11.6 Å². The zero-order valence-corrected chi connectivity index (χ0v) is 9.35. The lowest BCUT2D eigenvalue weighted by Gasteiger charge is -2.04. The Morgan fingerprint density at radius 3 is 2.59 bits per heavy atom. The first-order valence-corrected chi connectivity index (χ1v) is 5.14. The molecule has 0 unspecified atom stereocenters. The van der Waals surface area contributed by atoms with E-state index in [0.29, 0.717) is 16.3 Å². The number of nitrogens with zero attached hydrogens (tertiary/aromatic N) is 1. The number of carboxylic acid groups (broad SMARTS) is 1. The number of aromatic carboxylic acids is 1. The summed E-state index contributed by atoms with van der Waals surface area (Å²) < 4.78 is 0. The first-order chi connectivity index (χ1) is 8.08. The van der Waals surface area contributed by atoms with E-state index in [1.165, 1.54) is 24.4 Å². The van der Waals surface area contributed by atoms with Crippen molar-refractivity contribution >= 4 is 17.6 Å². The van der Waals surface area contributed by atoms with Gasteiger partial charge in [0, 0.05) is 11.8 Å². The van der Waals surface area contributed by atoms with Gasteiger partial charge in [-0.25, -0.2) is 4.79 Å². The Labute approximate surface area is 102 Å². The highest BCUT2D eigenvalue weighted by atomic mass is 35.5. The van der Waals surface area contributed by atoms with E-state index >= 15 is 0 Å². The third-order valence-corrected chi connectivity index (χ3v) is 2.57. The fourth-order valence-electron chi connectivity index (χ4n) is 1.39. The summed E-state index contributed by atoms with van der Waals surface area (Å²) in [6.45, 7) is 0. The average Bonchev–Trinajstić information content (AvgIpc) is 2.32. The highest BCUT2D eigenvalue weighted by Crippen LogP contribution is 2.29. The third-order valence-electron chi connectivity index (χ3n) is 2.24. The van der Waals surface area contributed by atoms with Crippen LogP contribution in [0.3, 0.4) is 0 Å². The highest BCUT2D eigenvalue weighted by molar-refractivity contribution is 6.33. The number of phenols is 1. The number of aromatic hydroxyl groups is 1. The van der Waals surface area contributed by atoms with Crippen LogP contribution in [0.15, 0.2) is 36.5 Å². The van der Waals surface area contributed by atoms with Gasteiger partial charge in [0.05, 0.1) is 16.3 Å². The van der Waals surface area contributed by atoms with Crippen LogP contribution in [0.4, 0.5) is 0 Å². The van der Waals surface area contributed by atoms with Crippen LogP contribution >= 0.6 is 11.6 Å². The molecule has 1 heterocycles. The van der Waals surface area contributed by atoms with Gasteiger partial charge < -0.3 is 10.2 Å². The van der Waals surface area contributed by atoms with Crippen molar-refractivity contribution in [2.24, 2.45) is 0 Å². The standard InChI is InChI=1S/C12H8ClNO3/c13-10-3-2-8(15)5-9(10)11-4-1-7(6-14-11)12(16)17/h1-6,15H,(H,16,17). The Balaban J connectivity index is 2.46. The summed E-state index contributed by atoms with van der Waals surface area (Å²) >= 11 is 5.97. The van der Waals surface area contributed by atoms with Crippen LogP contribution in [0, 0.1) is 0 Å². The van der Waals surface area contributed by atoms with Crippen molar-refractivity contribution in [3.63, 3.8) is 0 Å². The van der Waals surface area contributed by atoms with Crippen LogP contribution in [0.25, 0.3) is 11.3 Å². The summed E-state index contributed by atoms with van der Waals surface area (Å²) in [5.74, 6) is -0.959. The Kier molecular flexibility index (Phi) is 2.97. The molecule has 0 radical (unpaired) electrons. The molecule has 0 aliphatic rings. The number of hydrogen-bond donors (Lipinski definition) is 2. The van der Waals surface area contributed by atoms with Gasteiger partial charge in [0.1, 0.15) is 5.75 Å². The van der Waals surface area contributed by atoms with Crippen molar-refractivity contribution in [2.75, 3.05) is 0 Å². The van der Waals surface area contributed by atoms with Crippen LogP contribution < -0.4 is 0 Å². The SMILES string of the molecule is O=C(O)c1ccc(-c2cc(O)ccc2Cl)nc1. The van der Waals surface area contributed by atoms with E-state index in [2.05, 4.69) is 4.98 Å². The summed E-state index contributed by atoms with van der Waals surface area (Å²) in [7, 11) is 0. The Bertz CT molecular complexity index is 566. The van der Waals surface area contributed by atoms with E-state index < -0.39 is 5.97 Å². The van der Waals surface area contributed by atoms with Gasteiger partial charge in [-0.2, -0.15) is 0 Å². The second kappa shape index (κ2) is 4.43. The monoisotopic (exact) mass is 249 g/mol. The molecule has 2 rings (SSSR count). The Morgan fingerprint density at radius 2 is 2.00 bits per heavy atom. The second-order valence-corrected chi connectivity index (χ2v) is 3.81. The fourth-order valence-corrected chi connectivity index (χ4v) is 1.60. The van der Waals surface area contributed by atoms with E-state index in [4.69, 9.17) is 16.7 Å². The van der Waals surface area contributed by atoms with E-state index in [1.807, 2.05) is 0 Å². The van der Waals surface area contributed by atoms with Crippen molar-refractivity contribution in [3.05, 3.63) is 47.1 Å². The Hall–Kier alpha value is -2.07. The molecule has 0 saturated carbocycles. The zero-order chi connectivity index (χ0) is 12.4. The number of carbonyl (C=O) groups is 1. The number of benzene rings is 1. The molecule has 0 aliphatic carbocycles. The third kappa shape index (κ3) is 2.37. The number of pyridine rings is 1. The number of rotatable bonds is 2. The first kappa shape index (κ1) is 11.4. The molecule has 0 atom stereocenters. The molecule has 5 heteroatoms. The molecule has 0 amide bonds. The van der Waals surface area contributed by atoms with E-state index in [0.717, 1.165) is 0 Å². The molecule has 86 valence electrons. The summed E-state index contributed by atoms with van der Waals surface area (Å²) in [4.78, 5) is 14.7. The molecule has 2 N–H and O–H groups in total. The van der Waals surface area contributed by atoms with Crippen LogP contribution in [0.2, 0.25) is 5.02 Å². The number of hydrogen-bond acceptors (Lipinski definition) is 3. The lowest BCUT2D eigenvalue weighted by molar-refractivity contribution is 0.0696. The van der Waals surface area contributed by atoms with Gasteiger partial charge in [0.2, 0.25) is 0 Å². The molecule has 17 heavy (non-hydrogen) atoms. The lowest BCUT2D eigenvalue weighted by atomic mass is 10.1. The normalized spacial score (nSPS) is 10.2. The van der Waals surface area contributed by atoms with Crippen molar-refractivity contribution in [1.82, 2.24) is 4.98 Å². The first-order valence-electron chi connectivity index (χ1n) is 4.76. The summed E-state index contributed by atoms with van der Waals surface area (Å²) in [6, 6.07) is 7.48. The van der Waals surface area contributed by atoms with Crippen molar-refractivity contribution in [1.29, 1.82) is 0 Å². The van der Waals surface area contributed by atoms with Crippen LogP contribution in [-0.4, -0.2) is 21.2 Å². The largest absolute Gasteiger partial charge is 0.508 e. The van der Waals surface area contributed by atoms with Gasteiger partial charge in [-0.15, -0.1) is 0 Å². The minimum atomic E-state index is -1.04. The van der Waals surface area contributed by atoms with Crippen molar-refractivity contribution < 1.29 is 15.0 Å². The van der Waals surface area contributed by atoms with Gasteiger partial charge in [-0.3, -0.25) is 4.98 Å². The summed E-state index contributed by atoms with van der Waals surface area (Å²) in [6.07, 6.45) is 1.25. The molecule has 1 aromatic carbocycles. The van der Waals surface area contributed by atoms with Crippen molar-refractivity contribution in [2.45, 2.75) is 0 Å². The minimum absolute atomic E-state index is 0.0773. The summed E-state index contributed by atoms with van der Waals surface area (Å²) in [5.41, 5.74) is 1.17. The maximum atomic E-state index is 10.7. The quantitative estimate of drug-likeness (QED) is 0.859. The fraction of sp³-hybridized carbons (Fsp3) is 0. The highest BCUT2D eigenvalue weighted by Gasteiger charge is 2.08. The van der Waals surface area contributed by atoms with E-state index in [1.54, 1.807) is 12.1 Å². The molecule has 2 aromatic rings. The molecular formula is C12H8ClNO3. The number of halogens is 1. The predicted molar refractivity (Wildman–Crippen MR) is 63.3 cm³/mol. The number of aromatic nitrogens is 1. The maximum Gasteiger partial charge on any atom is 0.337 e. The second-order valence-electron chi connectivity index (χ2n) is 3.40. The predicted octanol–water partition coefficient (Wildman–Crippen LogP) is 2.81. The van der Waals surface area contributed by atoms with E-state index in [-0.39, 0.29) is 11.3 Å². The molecule has 0 bridgehead atoms. The molecule has 0 aliphatic heterocycles. The van der Waals surface area contributed by atoms with Crippen LogP contribution in [0.1, 0.15) is 10.4 Å². The topological polar surface area (TPSA) is 70.4 Å². The molecule has 0 saturated heterocycles. The summed E-state index contributed by atoms with van der Waals surface area (Å²) in [5, 5.41) is 18.5. The number of phenolic OH excluding ortho intramolecular Hbond substituents is 1. The van der Waals surface area contributed by atoms with Gasteiger partial charge in [0.25, 0.3) is 0 Å². The minimum Gasteiger partial charge on any atom is -0.508 e. The van der Waals surface area contributed by atoms with Gasteiger partial charge in [0.15, 0.2) is 0 Å². The Morgan fingerprint density at radius 1 is 1.24 bits per heavy atom. The smallest absolute Gasteiger partial charge is 0.337 e.